The number of carbonyl (C=O) groups is 1. The van der Waals surface area contributed by atoms with E-state index in [1.165, 1.54) is 12.1 Å². The molecule has 4 atom stereocenters. The van der Waals surface area contributed by atoms with Crippen molar-refractivity contribution in [2.45, 2.75) is 96.5 Å². The maximum Gasteiger partial charge on any atom is 0.416 e. The minimum Gasteiger partial charge on any atom is -0.546 e. The van der Waals surface area contributed by atoms with E-state index in [1.54, 1.807) is 0 Å². The summed E-state index contributed by atoms with van der Waals surface area (Å²) in [5.74, 6) is 1.07. The predicted molar refractivity (Wildman–Crippen MR) is 155 cm³/mol. The lowest BCUT2D eigenvalue weighted by Gasteiger charge is -2.38. The lowest BCUT2D eigenvalue weighted by Crippen LogP contribution is -2.45. The zero-order valence-electron chi connectivity index (χ0n) is 25.0. The van der Waals surface area contributed by atoms with E-state index in [9.17, 15) is 18.0 Å². The molecule has 0 heterocycles. The van der Waals surface area contributed by atoms with Gasteiger partial charge in [-0.3, -0.25) is 4.79 Å². The predicted octanol–water partition coefficient (Wildman–Crippen LogP) is 8.77. The van der Waals surface area contributed by atoms with E-state index >= 15 is 0 Å². The first-order valence-electron chi connectivity index (χ1n) is 13.7. The Bertz CT molecular complexity index is 1110. The third-order valence-electron chi connectivity index (χ3n) is 8.94. The van der Waals surface area contributed by atoms with E-state index in [2.05, 4.69) is 67.7 Å². The molecule has 0 aliphatic heterocycles. The number of halogens is 3. The number of hydrogen-bond donors (Lipinski definition) is 0. The fourth-order valence-corrected chi connectivity index (χ4v) is 6.81. The van der Waals surface area contributed by atoms with Crippen LogP contribution in [0.25, 0.3) is 0 Å². The first-order chi connectivity index (χ1) is 17.6. The molecule has 0 aromatic heterocycles. The van der Waals surface area contributed by atoms with Gasteiger partial charge in [-0.15, -0.1) is 0 Å². The van der Waals surface area contributed by atoms with Crippen LogP contribution in [0.1, 0.15) is 53.5 Å². The highest BCUT2D eigenvalue weighted by Crippen LogP contribution is 2.50. The number of hydrogen-bond acceptors (Lipinski definition) is 4. The molecule has 9 heteroatoms. The topological polar surface area (TPSA) is 44.8 Å². The Morgan fingerprint density at radius 1 is 1.00 bits per heavy atom. The molecular weight excluding hydrogens is 537 g/mol. The number of allylic oxidation sites excluding steroid dienone is 3. The van der Waals surface area contributed by atoms with Crippen LogP contribution >= 0.6 is 0 Å². The normalized spacial score (nSPS) is 23.4. The Morgan fingerprint density at radius 2 is 1.62 bits per heavy atom. The van der Waals surface area contributed by atoms with Gasteiger partial charge in [-0.2, -0.15) is 13.2 Å². The molecule has 2 aliphatic carbocycles. The van der Waals surface area contributed by atoms with Crippen molar-refractivity contribution in [1.82, 2.24) is 0 Å². The molecule has 0 radical (unpaired) electrons. The van der Waals surface area contributed by atoms with Crippen molar-refractivity contribution in [2.75, 3.05) is 6.61 Å². The van der Waals surface area contributed by atoms with E-state index in [1.807, 2.05) is 18.2 Å². The van der Waals surface area contributed by atoms with Gasteiger partial charge in [0, 0.05) is 24.2 Å². The van der Waals surface area contributed by atoms with Crippen molar-refractivity contribution in [3.05, 3.63) is 53.8 Å². The quantitative estimate of drug-likeness (QED) is 0.216. The van der Waals surface area contributed by atoms with Crippen LogP contribution in [0.15, 0.2) is 48.3 Å². The van der Waals surface area contributed by atoms with Crippen molar-refractivity contribution in [1.29, 1.82) is 0 Å². The van der Waals surface area contributed by atoms with Crippen LogP contribution in [0.2, 0.25) is 36.3 Å². The average molecular weight is 583 g/mol. The first-order valence-corrected chi connectivity index (χ1v) is 19.5. The highest BCUT2D eigenvalue weighted by Gasteiger charge is 2.50. The molecule has 39 heavy (non-hydrogen) atoms. The zero-order valence-corrected chi connectivity index (χ0v) is 27.0. The summed E-state index contributed by atoms with van der Waals surface area (Å²) in [6.45, 7) is 21.8. The Kier molecular flexibility index (Phi) is 8.82. The number of fused-ring (bicyclic) bond motifs is 2. The van der Waals surface area contributed by atoms with E-state index < -0.39 is 34.5 Å². The molecule has 4 nitrogen and oxygen atoms in total. The number of alkyl halides is 3. The van der Waals surface area contributed by atoms with E-state index in [0.717, 1.165) is 17.9 Å². The summed E-state index contributed by atoms with van der Waals surface area (Å²) < 4.78 is 58.7. The third-order valence-corrected chi connectivity index (χ3v) is 17.8. The van der Waals surface area contributed by atoms with Gasteiger partial charge in [-0.25, -0.2) is 0 Å². The lowest BCUT2D eigenvalue weighted by atomic mass is 9.95. The summed E-state index contributed by atoms with van der Waals surface area (Å²) in [5, 5.41) is -0.0166. The van der Waals surface area contributed by atoms with Crippen LogP contribution in [0.4, 0.5) is 13.2 Å². The largest absolute Gasteiger partial charge is 0.546 e. The fourth-order valence-electron chi connectivity index (χ4n) is 4.44. The Balaban J connectivity index is 1.81. The molecule has 2 bridgehead atoms. The van der Waals surface area contributed by atoms with Gasteiger partial charge in [0.1, 0.15) is 18.1 Å². The standard InChI is InChI=1S/C30H45F3O4Si2/c1-28(2,3)38(7,8)36-22(19-35-21-13-11-12-20(16-21)30(31,32)33)14-15-23-24-18-27(25(23)17-26(24)34)37-39(9,10)29(4,5)6/h11-16,18,22-25H,17,19H2,1-10H3/t22-,23?,24?,25?/m1/s1. The molecule has 1 fully saturated rings. The number of Topliss-reactive ketones (excluding diaryl/α,β-unsaturated/α-hetero) is 1. The summed E-state index contributed by atoms with van der Waals surface area (Å²) in [7, 11) is -4.28. The minimum absolute atomic E-state index is 0.00535. The van der Waals surface area contributed by atoms with Gasteiger partial charge in [-0.1, -0.05) is 59.8 Å². The average Bonchev–Trinajstić information content (AvgIpc) is 3.25. The summed E-state index contributed by atoms with van der Waals surface area (Å²) in [5.41, 5.74) is -0.751. The SMILES string of the molecule is CC(C)(C)[Si](C)(C)OC1=CC2C(=O)CC1C2C=C[C@H](COc1cccc(C(F)(F)F)c1)O[Si](C)(C)C(C)(C)C. The molecule has 0 spiro atoms. The molecule has 3 unspecified atom stereocenters. The van der Waals surface area contributed by atoms with Gasteiger partial charge in [0.25, 0.3) is 0 Å². The summed E-state index contributed by atoms with van der Waals surface area (Å²) in [6, 6.07) is 4.90. The van der Waals surface area contributed by atoms with E-state index in [4.69, 9.17) is 13.6 Å². The molecule has 0 amide bonds. The van der Waals surface area contributed by atoms with Gasteiger partial charge in [0.15, 0.2) is 8.32 Å². The summed E-state index contributed by atoms with van der Waals surface area (Å²) in [4.78, 5) is 12.7. The van der Waals surface area contributed by atoms with Crippen molar-refractivity contribution < 1.29 is 31.6 Å². The second-order valence-electron chi connectivity index (χ2n) is 13.9. The molecule has 1 aromatic rings. The second-order valence-corrected chi connectivity index (χ2v) is 23.4. The molecule has 0 N–H and O–H groups in total. The van der Waals surface area contributed by atoms with Gasteiger partial charge >= 0.3 is 6.18 Å². The zero-order chi connectivity index (χ0) is 29.6. The minimum atomic E-state index is -4.44. The summed E-state index contributed by atoms with van der Waals surface area (Å²) >= 11 is 0. The number of benzene rings is 1. The Labute approximate surface area is 234 Å². The van der Waals surface area contributed by atoms with Crippen LogP contribution in [0.5, 0.6) is 5.75 Å². The molecule has 3 rings (SSSR count). The van der Waals surface area contributed by atoms with Crippen molar-refractivity contribution >= 4 is 22.4 Å². The molecule has 2 aliphatic rings. The smallest absolute Gasteiger partial charge is 0.416 e. The van der Waals surface area contributed by atoms with Gasteiger partial charge in [-0.05, 0) is 60.5 Å². The van der Waals surface area contributed by atoms with Crippen LogP contribution < -0.4 is 4.74 Å². The Hall–Kier alpha value is -1.85. The van der Waals surface area contributed by atoms with E-state index in [-0.39, 0.29) is 46.0 Å². The monoisotopic (exact) mass is 582 g/mol. The van der Waals surface area contributed by atoms with Crippen molar-refractivity contribution in [3.63, 3.8) is 0 Å². The number of ether oxygens (including phenoxy) is 1. The second kappa shape index (κ2) is 10.9. The van der Waals surface area contributed by atoms with Gasteiger partial charge < -0.3 is 13.6 Å². The molecule has 218 valence electrons. The van der Waals surface area contributed by atoms with Crippen LogP contribution in [0.3, 0.4) is 0 Å². The highest BCUT2D eigenvalue weighted by atomic mass is 28.4. The molecule has 0 saturated heterocycles. The molecule has 1 aromatic carbocycles. The fraction of sp³-hybridized carbons (Fsp3) is 0.633. The maximum atomic E-state index is 13.2. The van der Waals surface area contributed by atoms with E-state index in [0.29, 0.717) is 6.42 Å². The first kappa shape index (κ1) is 31.7. The lowest BCUT2D eigenvalue weighted by molar-refractivity contribution is -0.137. The van der Waals surface area contributed by atoms with Crippen LogP contribution in [-0.4, -0.2) is 35.1 Å². The van der Waals surface area contributed by atoms with Gasteiger partial charge in [0.05, 0.1) is 17.4 Å². The maximum absolute atomic E-state index is 13.2. The number of ketones is 1. The number of carbonyl (C=O) groups excluding carboxylic acids is 1. The van der Waals surface area contributed by atoms with Crippen LogP contribution in [0, 0.1) is 17.8 Å². The van der Waals surface area contributed by atoms with Crippen molar-refractivity contribution in [3.8, 4) is 5.75 Å². The Morgan fingerprint density at radius 3 is 2.18 bits per heavy atom. The third kappa shape index (κ3) is 7.27. The molecular formula is C30H45F3O4Si2. The van der Waals surface area contributed by atoms with Gasteiger partial charge in [0.2, 0.25) is 8.32 Å². The molecule has 1 saturated carbocycles. The number of rotatable bonds is 9. The summed E-state index contributed by atoms with van der Waals surface area (Å²) in [6.07, 6.45) is 1.55. The van der Waals surface area contributed by atoms with Crippen molar-refractivity contribution in [2.24, 2.45) is 17.8 Å². The highest BCUT2D eigenvalue weighted by molar-refractivity contribution is 6.74. The van der Waals surface area contributed by atoms with Crippen LogP contribution in [-0.2, 0) is 19.8 Å².